The number of halogens is 2. The van der Waals surface area contributed by atoms with Gasteiger partial charge in [0, 0.05) is 35.9 Å². The van der Waals surface area contributed by atoms with E-state index < -0.39 is 0 Å². The number of H-pyrrole nitrogens is 1. The van der Waals surface area contributed by atoms with Crippen molar-refractivity contribution in [1.82, 2.24) is 9.88 Å². The molecule has 0 radical (unpaired) electrons. The van der Waals surface area contributed by atoms with E-state index >= 15 is 0 Å². The number of carbonyl (C=O) groups excluding carboxylic acids is 1. The molecule has 8 heteroatoms. The molecule has 0 saturated carbocycles. The molecule has 0 unspecified atom stereocenters. The van der Waals surface area contributed by atoms with Crippen LogP contribution in [0.4, 0.5) is 10.5 Å². The van der Waals surface area contributed by atoms with Gasteiger partial charge < -0.3 is 24.7 Å². The third-order valence-corrected chi connectivity index (χ3v) is 6.36. The number of hydrogen-bond donors (Lipinski definition) is 2. The summed E-state index contributed by atoms with van der Waals surface area (Å²) in [6.45, 7) is 0.937. The Kier molecular flexibility index (Phi) is 7.50. The molecule has 34 heavy (non-hydrogen) atoms. The van der Waals surface area contributed by atoms with Gasteiger partial charge in [0.2, 0.25) is 0 Å². The van der Waals surface area contributed by atoms with E-state index in [1.54, 1.807) is 37.3 Å². The topological polar surface area (TPSA) is 66.6 Å². The largest absolute Gasteiger partial charge is 0.497 e. The predicted octanol–water partition coefficient (Wildman–Crippen LogP) is 6.77. The molecule has 176 valence electrons. The van der Waals surface area contributed by atoms with Gasteiger partial charge in [-0.25, -0.2) is 4.79 Å². The monoisotopic (exact) mass is 497 g/mol. The van der Waals surface area contributed by atoms with Crippen molar-refractivity contribution in [3.63, 3.8) is 0 Å². The average Bonchev–Trinajstić information content (AvgIpc) is 3.26. The Bertz CT molecular complexity index is 1290. The van der Waals surface area contributed by atoms with Crippen molar-refractivity contribution >= 4 is 45.8 Å². The number of nitrogens with one attached hydrogen (secondary N) is 2. The van der Waals surface area contributed by atoms with Crippen molar-refractivity contribution in [2.75, 3.05) is 26.1 Å². The Balaban J connectivity index is 1.54. The fourth-order valence-corrected chi connectivity index (χ4v) is 4.02. The number of ether oxygens (including phenoxy) is 2. The Morgan fingerprint density at radius 3 is 2.38 bits per heavy atom. The lowest BCUT2D eigenvalue weighted by Crippen LogP contribution is -2.36. The molecule has 0 aliphatic heterocycles. The van der Waals surface area contributed by atoms with Gasteiger partial charge in [0.25, 0.3) is 0 Å². The van der Waals surface area contributed by atoms with E-state index in [1.807, 2.05) is 48.7 Å². The lowest BCUT2D eigenvalue weighted by Gasteiger charge is -2.23. The smallest absolute Gasteiger partial charge is 0.322 e. The number of fused-ring (bicyclic) bond motifs is 1. The number of nitrogens with zero attached hydrogens (tertiary/aromatic N) is 1. The number of aromatic amines is 1. The molecule has 1 aromatic heterocycles. The maximum Gasteiger partial charge on any atom is 0.322 e. The van der Waals surface area contributed by atoms with Gasteiger partial charge in [0.15, 0.2) is 0 Å². The van der Waals surface area contributed by atoms with Gasteiger partial charge in [-0.05, 0) is 66.1 Å². The highest BCUT2D eigenvalue weighted by Crippen LogP contribution is 2.26. The van der Waals surface area contributed by atoms with Crippen LogP contribution in [0.25, 0.3) is 10.9 Å². The number of rotatable bonds is 8. The molecule has 4 rings (SSSR count). The molecule has 0 saturated heterocycles. The summed E-state index contributed by atoms with van der Waals surface area (Å²) in [4.78, 5) is 18.3. The Labute approximate surface area is 208 Å². The second-order valence-corrected chi connectivity index (χ2v) is 8.62. The standard InChI is InChI=1S/C26H25Cl2N3O3/c1-33-20-6-3-17(4-7-20)16-31(26(32)30-19-5-9-23(27)24(28)13-19)12-11-18-15-29-25-10-8-21(34-2)14-22(18)25/h3-10,13-15,29H,11-12,16H2,1-2H3,(H,30,32). The second-order valence-electron chi connectivity index (χ2n) is 7.80. The SMILES string of the molecule is COc1ccc(CN(CCc2c[nH]c3ccc(OC)cc23)C(=O)Nc2ccc(Cl)c(Cl)c2)cc1. The second kappa shape index (κ2) is 10.7. The minimum absolute atomic E-state index is 0.230. The number of aromatic nitrogens is 1. The third kappa shape index (κ3) is 5.58. The summed E-state index contributed by atoms with van der Waals surface area (Å²) >= 11 is 12.1. The summed E-state index contributed by atoms with van der Waals surface area (Å²) in [6.07, 6.45) is 2.64. The summed E-state index contributed by atoms with van der Waals surface area (Å²) in [5.41, 5.74) is 3.70. The van der Waals surface area contributed by atoms with Gasteiger partial charge in [0.1, 0.15) is 11.5 Å². The van der Waals surface area contributed by atoms with Crippen LogP contribution in [0.3, 0.4) is 0 Å². The highest BCUT2D eigenvalue weighted by molar-refractivity contribution is 6.42. The van der Waals surface area contributed by atoms with Gasteiger partial charge in [-0.1, -0.05) is 35.3 Å². The van der Waals surface area contributed by atoms with Crippen LogP contribution in [-0.4, -0.2) is 36.7 Å². The van der Waals surface area contributed by atoms with E-state index in [9.17, 15) is 4.79 Å². The Morgan fingerprint density at radius 2 is 1.68 bits per heavy atom. The maximum absolute atomic E-state index is 13.2. The van der Waals surface area contributed by atoms with Crippen LogP contribution in [0, 0.1) is 0 Å². The first kappa shape index (κ1) is 23.8. The van der Waals surface area contributed by atoms with Crippen molar-refractivity contribution in [2.24, 2.45) is 0 Å². The fourth-order valence-electron chi connectivity index (χ4n) is 3.73. The van der Waals surface area contributed by atoms with Crippen LogP contribution < -0.4 is 14.8 Å². The minimum Gasteiger partial charge on any atom is -0.497 e. The van der Waals surface area contributed by atoms with Crippen LogP contribution in [-0.2, 0) is 13.0 Å². The first-order valence-corrected chi connectivity index (χ1v) is 11.5. The molecule has 4 aromatic rings. The summed E-state index contributed by atoms with van der Waals surface area (Å²) in [6, 6.07) is 18.4. The van der Waals surface area contributed by atoms with Gasteiger partial charge in [0.05, 0.1) is 24.3 Å². The van der Waals surface area contributed by atoms with Gasteiger partial charge in [-0.3, -0.25) is 0 Å². The van der Waals surface area contributed by atoms with Crippen molar-refractivity contribution in [3.05, 3.63) is 88.0 Å². The molecule has 6 nitrogen and oxygen atoms in total. The number of methoxy groups -OCH3 is 2. The first-order valence-electron chi connectivity index (χ1n) is 10.7. The number of anilines is 1. The predicted molar refractivity (Wildman–Crippen MR) is 137 cm³/mol. The molecule has 0 aliphatic rings. The Morgan fingerprint density at radius 1 is 0.941 bits per heavy atom. The van der Waals surface area contributed by atoms with E-state index in [2.05, 4.69) is 10.3 Å². The number of benzene rings is 3. The molecule has 2 amide bonds. The molecule has 1 heterocycles. The molecule has 0 aliphatic carbocycles. The van der Waals surface area contributed by atoms with Crippen molar-refractivity contribution < 1.29 is 14.3 Å². The maximum atomic E-state index is 13.2. The molecule has 0 bridgehead atoms. The van der Waals surface area contributed by atoms with Gasteiger partial charge in [-0.2, -0.15) is 0 Å². The van der Waals surface area contributed by atoms with Crippen LogP contribution in [0.2, 0.25) is 10.0 Å². The van der Waals surface area contributed by atoms with E-state index in [1.165, 1.54) is 0 Å². The number of carbonyl (C=O) groups is 1. The van der Waals surface area contributed by atoms with Crippen molar-refractivity contribution in [3.8, 4) is 11.5 Å². The summed E-state index contributed by atoms with van der Waals surface area (Å²) in [5, 5.41) is 4.83. The van der Waals surface area contributed by atoms with Crippen molar-refractivity contribution in [2.45, 2.75) is 13.0 Å². The van der Waals surface area contributed by atoms with E-state index in [0.29, 0.717) is 35.2 Å². The molecule has 0 spiro atoms. The molecule has 3 aromatic carbocycles. The van der Waals surface area contributed by atoms with Crippen LogP contribution in [0.5, 0.6) is 11.5 Å². The normalized spacial score (nSPS) is 10.8. The molecule has 0 atom stereocenters. The number of urea groups is 1. The number of hydrogen-bond acceptors (Lipinski definition) is 3. The lowest BCUT2D eigenvalue weighted by atomic mass is 10.1. The quantitative estimate of drug-likeness (QED) is 0.282. The van der Waals surface area contributed by atoms with Crippen LogP contribution >= 0.6 is 23.2 Å². The summed E-state index contributed by atoms with van der Waals surface area (Å²) in [7, 11) is 3.28. The molecular weight excluding hydrogens is 473 g/mol. The van der Waals surface area contributed by atoms with E-state index in [0.717, 1.165) is 33.5 Å². The van der Waals surface area contributed by atoms with Crippen molar-refractivity contribution in [1.29, 1.82) is 0 Å². The van der Waals surface area contributed by atoms with Crippen LogP contribution in [0.1, 0.15) is 11.1 Å². The molecule has 2 N–H and O–H groups in total. The average molecular weight is 498 g/mol. The molecular formula is C26H25Cl2N3O3. The fraction of sp³-hybridized carbons (Fsp3) is 0.192. The minimum atomic E-state index is -0.230. The zero-order chi connectivity index (χ0) is 24.1. The van der Waals surface area contributed by atoms with Gasteiger partial charge >= 0.3 is 6.03 Å². The van der Waals surface area contributed by atoms with Crippen LogP contribution in [0.15, 0.2) is 66.9 Å². The summed E-state index contributed by atoms with van der Waals surface area (Å²) in [5.74, 6) is 1.56. The zero-order valence-electron chi connectivity index (χ0n) is 18.9. The molecule has 0 fully saturated rings. The van der Waals surface area contributed by atoms with E-state index in [4.69, 9.17) is 32.7 Å². The van der Waals surface area contributed by atoms with Gasteiger partial charge in [-0.15, -0.1) is 0 Å². The first-order chi connectivity index (χ1) is 16.5. The summed E-state index contributed by atoms with van der Waals surface area (Å²) < 4.78 is 10.6. The number of amides is 2. The lowest BCUT2D eigenvalue weighted by molar-refractivity contribution is 0.210. The third-order valence-electron chi connectivity index (χ3n) is 5.62. The zero-order valence-corrected chi connectivity index (χ0v) is 20.4. The highest BCUT2D eigenvalue weighted by Gasteiger charge is 2.16. The Hall–Kier alpha value is -3.35. The van der Waals surface area contributed by atoms with E-state index in [-0.39, 0.29) is 6.03 Å². The highest BCUT2D eigenvalue weighted by atomic mass is 35.5.